The predicted molar refractivity (Wildman–Crippen MR) is 119 cm³/mol. The Hall–Kier alpha value is -2.38. The third-order valence-corrected chi connectivity index (χ3v) is 5.33. The molecule has 30 heavy (non-hydrogen) atoms. The van der Waals surface area contributed by atoms with Crippen molar-refractivity contribution in [2.24, 2.45) is 0 Å². The second-order valence-electron chi connectivity index (χ2n) is 7.14. The molecule has 158 valence electrons. The lowest BCUT2D eigenvalue weighted by Gasteiger charge is -2.13. The van der Waals surface area contributed by atoms with Crippen molar-refractivity contribution in [2.45, 2.75) is 25.3 Å². The van der Waals surface area contributed by atoms with Gasteiger partial charge in [-0.1, -0.05) is 35.3 Å². The van der Waals surface area contributed by atoms with Crippen LogP contribution < -0.4 is 5.32 Å². The molecule has 3 rings (SSSR count). The summed E-state index contributed by atoms with van der Waals surface area (Å²) in [7, 11) is 0. The summed E-state index contributed by atoms with van der Waals surface area (Å²) >= 11 is 12.3. The van der Waals surface area contributed by atoms with Crippen molar-refractivity contribution in [3.8, 4) is 11.1 Å². The highest BCUT2D eigenvalue weighted by atomic mass is 35.5. The number of carbonyl (C=O) groups is 1. The number of hydrogen-bond donors (Lipinski definition) is 4. The zero-order valence-electron chi connectivity index (χ0n) is 16.4. The SMILES string of the molecule is C[C@H](CO)Nc1cc(-c2c[nH]c(C(=O)C[C@H](CO)c3cccc(Cl)c3)c2)c(Cl)cn1. The number of aromatic amines is 1. The smallest absolute Gasteiger partial charge is 0.179 e. The molecule has 0 radical (unpaired) electrons. The van der Waals surface area contributed by atoms with E-state index in [2.05, 4.69) is 15.3 Å². The molecule has 3 aromatic rings. The Balaban J connectivity index is 1.78. The number of aliphatic hydroxyl groups excluding tert-OH is 2. The molecule has 4 N–H and O–H groups in total. The summed E-state index contributed by atoms with van der Waals surface area (Å²) in [5, 5.41) is 23.0. The Kier molecular flexibility index (Phi) is 7.50. The second kappa shape index (κ2) is 10.1. The number of pyridine rings is 1. The first-order chi connectivity index (χ1) is 14.4. The maximum absolute atomic E-state index is 12.8. The lowest BCUT2D eigenvalue weighted by Crippen LogP contribution is -2.19. The minimum absolute atomic E-state index is 0.0267. The van der Waals surface area contributed by atoms with Crippen molar-refractivity contribution in [3.63, 3.8) is 0 Å². The Morgan fingerprint density at radius 1 is 1.20 bits per heavy atom. The standard InChI is InChI=1S/C22H23Cl2N3O3/c1-13(11-28)27-22-8-18(19(24)10-26-22)15-6-20(25-9-15)21(30)7-16(12-29)14-3-2-4-17(23)5-14/h2-6,8-10,13,16,25,28-29H,7,11-12H2,1H3,(H,26,27)/t13-,16-/m1/s1. The lowest BCUT2D eigenvalue weighted by atomic mass is 9.93. The van der Waals surface area contributed by atoms with Crippen LogP contribution in [-0.4, -0.2) is 45.2 Å². The minimum atomic E-state index is -0.344. The summed E-state index contributed by atoms with van der Waals surface area (Å²) < 4.78 is 0. The highest BCUT2D eigenvalue weighted by Gasteiger charge is 2.19. The van der Waals surface area contributed by atoms with Crippen molar-refractivity contribution < 1.29 is 15.0 Å². The van der Waals surface area contributed by atoms with Crippen molar-refractivity contribution in [1.29, 1.82) is 0 Å². The van der Waals surface area contributed by atoms with Gasteiger partial charge >= 0.3 is 0 Å². The number of carbonyl (C=O) groups excluding carboxylic acids is 1. The van der Waals surface area contributed by atoms with E-state index in [-0.39, 0.29) is 37.4 Å². The highest BCUT2D eigenvalue weighted by Crippen LogP contribution is 2.31. The van der Waals surface area contributed by atoms with E-state index in [0.717, 1.165) is 11.1 Å². The van der Waals surface area contributed by atoms with Gasteiger partial charge < -0.3 is 20.5 Å². The molecule has 0 amide bonds. The van der Waals surface area contributed by atoms with Crippen LogP contribution in [0.4, 0.5) is 5.82 Å². The first kappa shape index (κ1) is 22.3. The lowest BCUT2D eigenvalue weighted by molar-refractivity contribution is 0.0956. The first-order valence-electron chi connectivity index (χ1n) is 9.52. The third kappa shape index (κ3) is 5.40. The van der Waals surface area contributed by atoms with E-state index in [1.165, 1.54) is 6.20 Å². The molecule has 0 saturated heterocycles. The molecule has 8 heteroatoms. The molecular weight excluding hydrogens is 425 g/mol. The number of anilines is 1. The molecule has 0 spiro atoms. The fourth-order valence-electron chi connectivity index (χ4n) is 3.13. The zero-order chi connectivity index (χ0) is 21.7. The van der Waals surface area contributed by atoms with Crippen molar-refractivity contribution >= 4 is 34.8 Å². The van der Waals surface area contributed by atoms with E-state index in [1.807, 2.05) is 13.0 Å². The number of hydrogen-bond acceptors (Lipinski definition) is 5. The summed E-state index contributed by atoms with van der Waals surface area (Å²) in [6.07, 6.45) is 3.38. The van der Waals surface area contributed by atoms with Crippen LogP contribution in [0.2, 0.25) is 10.0 Å². The topological polar surface area (TPSA) is 98.2 Å². The Bertz CT molecular complexity index is 1020. The maximum atomic E-state index is 12.8. The van der Waals surface area contributed by atoms with E-state index < -0.39 is 0 Å². The molecule has 2 aromatic heterocycles. The molecule has 0 fully saturated rings. The Labute approximate surface area is 184 Å². The molecule has 1 aromatic carbocycles. The van der Waals surface area contributed by atoms with Crippen LogP contribution >= 0.6 is 23.2 Å². The minimum Gasteiger partial charge on any atom is -0.396 e. The van der Waals surface area contributed by atoms with Gasteiger partial charge in [-0.15, -0.1) is 0 Å². The monoisotopic (exact) mass is 447 g/mol. The molecular formula is C22H23Cl2N3O3. The zero-order valence-corrected chi connectivity index (χ0v) is 17.9. The van der Waals surface area contributed by atoms with Gasteiger partial charge in [0, 0.05) is 46.9 Å². The summed E-state index contributed by atoms with van der Waals surface area (Å²) in [5.41, 5.74) is 2.70. The molecule has 0 unspecified atom stereocenters. The number of nitrogens with zero attached hydrogens (tertiary/aromatic N) is 1. The van der Waals surface area contributed by atoms with Crippen molar-refractivity contribution in [2.75, 3.05) is 18.5 Å². The number of aliphatic hydroxyl groups is 2. The summed E-state index contributed by atoms with van der Waals surface area (Å²) in [4.78, 5) is 20.0. The molecule has 0 saturated carbocycles. The maximum Gasteiger partial charge on any atom is 0.179 e. The number of halogens is 2. The number of benzene rings is 1. The fourth-order valence-corrected chi connectivity index (χ4v) is 3.54. The van der Waals surface area contributed by atoms with Gasteiger partial charge in [-0.05, 0) is 36.8 Å². The fraction of sp³-hybridized carbons (Fsp3) is 0.273. The van der Waals surface area contributed by atoms with Gasteiger partial charge in [0.05, 0.1) is 23.9 Å². The normalized spacial score (nSPS) is 13.1. The average molecular weight is 448 g/mol. The predicted octanol–water partition coefficient (Wildman–Crippen LogP) is 4.53. The van der Waals surface area contributed by atoms with Gasteiger partial charge in [0.15, 0.2) is 5.78 Å². The van der Waals surface area contributed by atoms with E-state index in [9.17, 15) is 15.0 Å². The van der Waals surface area contributed by atoms with Crippen LogP contribution in [0.25, 0.3) is 11.1 Å². The van der Waals surface area contributed by atoms with Gasteiger partial charge in [0.2, 0.25) is 0 Å². The molecule has 2 atom stereocenters. The summed E-state index contributed by atoms with van der Waals surface area (Å²) in [6, 6.07) is 10.5. The molecule has 0 aliphatic carbocycles. The Morgan fingerprint density at radius 3 is 2.70 bits per heavy atom. The van der Waals surface area contributed by atoms with Gasteiger partial charge in [-0.2, -0.15) is 0 Å². The third-order valence-electron chi connectivity index (χ3n) is 4.79. The van der Waals surface area contributed by atoms with E-state index in [1.54, 1.807) is 36.5 Å². The van der Waals surface area contributed by atoms with E-state index in [4.69, 9.17) is 23.2 Å². The molecule has 0 aliphatic heterocycles. The van der Waals surface area contributed by atoms with E-state index >= 15 is 0 Å². The van der Waals surface area contributed by atoms with Gasteiger partial charge in [0.25, 0.3) is 0 Å². The number of Topliss-reactive ketones (excluding diaryl/α,β-unsaturated/α-hetero) is 1. The van der Waals surface area contributed by atoms with Crippen molar-refractivity contribution in [3.05, 3.63) is 70.1 Å². The summed E-state index contributed by atoms with van der Waals surface area (Å²) in [6.45, 7) is 1.65. The number of aromatic nitrogens is 2. The van der Waals surface area contributed by atoms with Crippen LogP contribution in [0, 0.1) is 0 Å². The molecule has 0 bridgehead atoms. The number of rotatable bonds is 9. The Morgan fingerprint density at radius 2 is 2.00 bits per heavy atom. The van der Waals surface area contributed by atoms with Crippen LogP contribution in [0.3, 0.4) is 0 Å². The molecule has 6 nitrogen and oxygen atoms in total. The largest absolute Gasteiger partial charge is 0.396 e. The summed E-state index contributed by atoms with van der Waals surface area (Å²) in [5.74, 6) is 0.104. The quantitative estimate of drug-likeness (QED) is 0.361. The van der Waals surface area contributed by atoms with Crippen LogP contribution in [0.1, 0.15) is 35.3 Å². The molecule has 0 aliphatic rings. The van der Waals surface area contributed by atoms with Gasteiger partial charge in [0.1, 0.15) is 5.82 Å². The first-order valence-corrected chi connectivity index (χ1v) is 10.3. The van der Waals surface area contributed by atoms with Crippen LogP contribution in [-0.2, 0) is 0 Å². The number of nitrogens with one attached hydrogen (secondary N) is 2. The van der Waals surface area contributed by atoms with Gasteiger partial charge in [-0.25, -0.2) is 4.98 Å². The van der Waals surface area contributed by atoms with Gasteiger partial charge in [-0.3, -0.25) is 4.79 Å². The van der Waals surface area contributed by atoms with E-state index in [0.29, 0.717) is 27.1 Å². The number of H-pyrrole nitrogens is 1. The highest BCUT2D eigenvalue weighted by molar-refractivity contribution is 6.33. The number of ketones is 1. The second-order valence-corrected chi connectivity index (χ2v) is 7.98. The average Bonchev–Trinajstić information content (AvgIpc) is 3.23. The van der Waals surface area contributed by atoms with Crippen LogP contribution in [0.5, 0.6) is 0 Å². The molecule has 2 heterocycles. The van der Waals surface area contributed by atoms with Crippen molar-refractivity contribution in [1.82, 2.24) is 9.97 Å². The van der Waals surface area contributed by atoms with Crippen LogP contribution in [0.15, 0.2) is 48.8 Å².